The first kappa shape index (κ1) is 34.0. The van der Waals surface area contributed by atoms with Crippen LogP contribution in [0.15, 0.2) is 81.6 Å². The van der Waals surface area contributed by atoms with Crippen LogP contribution in [0.1, 0.15) is 48.7 Å². The smallest absolute Gasteiger partial charge is 0.257 e. The van der Waals surface area contributed by atoms with Gasteiger partial charge >= 0.3 is 0 Å². The van der Waals surface area contributed by atoms with Crippen LogP contribution >= 0.6 is 23.4 Å². The van der Waals surface area contributed by atoms with Gasteiger partial charge in [0.1, 0.15) is 0 Å². The van der Waals surface area contributed by atoms with Gasteiger partial charge in [-0.3, -0.25) is 13.8 Å². The highest BCUT2D eigenvalue weighted by atomic mass is 35.5. The molecule has 1 unspecified atom stereocenters. The first-order chi connectivity index (χ1) is 19.8. The van der Waals surface area contributed by atoms with Crippen molar-refractivity contribution in [3.05, 3.63) is 88.5 Å². The van der Waals surface area contributed by atoms with Crippen molar-refractivity contribution >= 4 is 69.1 Å². The summed E-state index contributed by atoms with van der Waals surface area (Å²) in [6.07, 6.45) is 8.05. The van der Waals surface area contributed by atoms with Gasteiger partial charge in [0.25, 0.3) is 5.91 Å². The van der Waals surface area contributed by atoms with Crippen LogP contribution in [-0.2, 0) is 22.0 Å². The van der Waals surface area contributed by atoms with Crippen LogP contribution in [0.3, 0.4) is 0 Å². The number of anilines is 2. The minimum absolute atomic E-state index is 0.254. The Labute approximate surface area is 254 Å². The molecule has 41 heavy (non-hydrogen) atoms. The fraction of sp³-hybridized carbons (Fsp3) is 0.258. The molecule has 3 aromatic rings. The molecule has 218 valence electrons. The highest BCUT2D eigenvalue weighted by molar-refractivity contribution is 7.98. The minimum atomic E-state index is -1.24. The van der Waals surface area contributed by atoms with Gasteiger partial charge in [0.05, 0.1) is 27.7 Å². The predicted octanol–water partition coefficient (Wildman–Crippen LogP) is 7.02. The zero-order chi connectivity index (χ0) is 30.5. The van der Waals surface area contributed by atoms with Crippen LogP contribution in [0.2, 0.25) is 5.02 Å². The van der Waals surface area contributed by atoms with Crippen molar-refractivity contribution in [2.75, 3.05) is 29.9 Å². The molecule has 0 fully saturated rings. The normalized spacial score (nSPS) is 12.8. The van der Waals surface area contributed by atoms with Gasteiger partial charge in [-0.05, 0) is 93.2 Å². The summed E-state index contributed by atoms with van der Waals surface area (Å²) in [6, 6.07) is 18.5. The lowest BCUT2D eigenvalue weighted by Gasteiger charge is -2.28. The number of thioether (sulfide) groups is 1. The number of benzene rings is 3. The van der Waals surface area contributed by atoms with Gasteiger partial charge < -0.3 is 11.1 Å². The van der Waals surface area contributed by atoms with Crippen molar-refractivity contribution in [3.63, 3.8) is 0 Å². The van der Waals surface area contributed by atoms with Crippen LogP contribution in [0.4, 0.5) is 11.4 Å². The lowest BCUT2D eigenvalue weighted by Crippen LogP contribution is -2.20. The second kappa shape index (κ2) is 16.9. The average molecular weight is 613 g/mol. The van der Waals surface area contributed by atoms with E-state index in [2.05, 4.69) is 22.2 Å². The molecule has 1 amide bonds. The molecule has 0 aromatic heterocycles. The number of rotatable bonds is 8. The predicted molar refractivity (Wildman–Crippen MR) is 176 cm³/mol. The first-order valence-corrected chi connectivity index (χ1v) is 16.3. The van der Waals surface area contributed by atoms with Crippen LogP contribution in [0.25, 0.3) is 5.70 Å². The van der Waals surface area contributed by atoms with Crippen molar-refractivity contribution in [1.29, 1.82) is 0 Å². The molecular formula is C31H37ClN4O3S2. The summed E-state index contributed by atoms with van der Waals surface area (Å²) in [7, 11) is 0.261. The topological polar surface area (TPSA) is 105 Å². The Morgan fingerprint density at radius 3 is 2.39 bits per heavy atom. The Kier molecular flexibility index (Phi) is 14.0. The van der Waals surface area contributed by atoms with Gasteiger partial charge in [0.15, 0.2) is 6.29 Å². The number of nitrogens with one attached hydrogen (secondary N) is 1. The maximum Gasteiger partial charge on any atom is 0.257 e. The van der Waals surface area contributed by atoms with E-state index in [4.69, 9.17) is 11.6 Å². The van der Waals surface area contributed by atoms with Crippen molar-refractivity contribution in [3.8, 4) is 0 Å². The molecule has 1 atom stereocenters. The van der Waals surface area contributed by atoms with E-state index in [1.54, 1.807) is 48.1 Å². The molecule has 3 N–H and O–H groups in total. The van der Waals surface area contributed by atoms with Crippen LogP contribution in [0.5, 0.6) is 0 Å². The lowest BCUT2D eigenvalue weighted by atomic mass is 9.93. The van der Waals surface area contributed by atoms with Crippen LogP contribution < -0.4 is 16.1 Å². The van der Waals surface area contributed by atoms with E-state index in [0.29, 0.717) is 16.3 Å². The van der Waals surface area contributed by atoms with Gasteiger partial charge in [-0.15, -0.1) is 11.8 Å². The monoisotopic (exact) mass is 612 g/mol. The second-order valence-electron chi connectivity index (χ2n) is 8.42. The average Bonchev–Trinajstić information content (AvgIpc) is 3.01. The summed E-state index contributed by atoms with van der Waals surface area (Å²) >= 11 is 7.92. The molecule has 0 aliphatic heterocycles. The van der Waals surface area contributed by atoms with Crippen LogP contribution in [-0.4, -0.2) is 41.7 Å². The third-order valence-corrected chi connectivity index (χ3v) is 7.87. The molecule has 4 rings (SSSR count). The maximum atomic E-state index is 13.1. The number of amides is 1. The number of nitrogens with zero attached hydrogens (tertiary/aromatic N) is 2. The van der Waals surface area contributed by atoms with Crippen molar-refractivity contribution in [1.82, 2.24) is 0 Å². The van der Waals surface area contributed by atoms with Gasteiger partial charge in [0.2, 0.25) is 0 Å². The zero-order valence-electron chi connectivity index (χ0n) is 24.2. The number of allylic oxidation sites excluding steroid dienone is 1. The molecule has 0 spiro atoms. The van der Waals surface area contributed by atoms with Crippen molar-refractivity contribution < 1.29 is 13.8 Å². The number of nitrogens with two attached hydrogens (primary N) is 1. The van der Waals surface area contributed by atoms with Crippen molar-refractivity contribution in [2.45, 2.75) is 43.4 Å². The zero-order valence-corrected chi connectivity index (χ0v) is 26.6. The molecule has 0 radical (unpaired) electrons. The summed E-state index contributed by atoms with van der Waals surface area (Å²) in [5.41, 5.74) is 9.36. The van der Waals surface area contributed by atoms with Gasteiger partial charge in [-0.1, -0.05) is 37.6 Å². The number of hydrogen-bond donors (Lipinski definition) is 2. The Hall–Kier alpha value is -3.24. The Morgan fingerprint density at radius 1 is 1.10 bits per heavy atom. The third-order valence-electron chi connectivity index (χ3n) is 5.88. The molecule has 1 aliphatic carbocycles. The van der Waals surface area contributed by atoms with Gasteiger partial charge in [-0.25, -0.2) is 5.01 Å². The van der Waals surface area contributed by atoms with Crippen LogP contribution in [0, 0.1) is 0 Å². The summed E-state index contributed by atoms with van der Waals surface area (Å²) in [5, 5.41) is 9.56. The fourth-order valence-corrected chi connectivity index (χ4v) is 5.15. The largest absolute Gasteiger partial charge is 0.333 e. The summed E-state index contributed by atoms with van der Waals surface area (Å²) < 4.78 is 11.9. The molecule has 0 saturated carbocycles. The molecule has 10 heteroatoms. The van der Waals surface area contributed by atoms with Crippen molar-refractivity contribution in [2.24, 2.45) is 10.8 Å². The number of hydrogen-bond acceptors (Lipinski definition) is 7. The number of aldehydes is 1. The third kappa shape index (κ3) is 8.87. The van der Waals surface area contributed by atoms with Gasteiger partial charge in [-0.2, -0.15) is 5.10 Å². The molecule has 7 nitrogen and oxygen atoms in total. The van der Waals surface area contributed by atoms with E-state index < -0.39 is 16.7 Å². The van der Waals surface area contributed by atoms with E-state index in [1.165, 1.54) is 7.05 Å². The molecule has 3 aromatic carbocycles. The second-order valence-corrected chi connectivity index (χ2v) is 11.1. The quantitative estimate of drug-likeness (QED) is 0.123. The molecule has 0 saturated heterocycles. The number of carbonyl (C=O) groups is 2. The fourth-order valence-electron chi connectivity index (χ4n) is 4.00. The van der Waals surface area contributed by atoms with Gasteiger partial charge in [0, 0.05) is 38.1 Å². The summed E-state index contributed by atoms with van der Waals surface area (Å²) in [6.45, 7) is 5.67. The van der Waals surface area contributed by atoms with E-state index in [1.807, 2.05) is 62.6 Å². The molecule has 1 aliphatic rings. The summed E-state index contributed by atoms with van der Waals surface area (Å²) in [4.78, 5) is 26.2. The standard InChI is InChI=1S/C28H26ClN3O3S2.C2H6.CH5N/c1-18(17-33)31-32(21-9-11-22(36-2)12-10-21)27-6-4-5-19-7-8-20(15-24(19)27)30-28(34)25-16-23(37(3)35)13-14-26(25)29;2*1-2/h6-17H,4-5H2,1-3H3,(H,30,34);1-2H3;2H2,1H3/b31-18+;;. The number of aryl methyl sites for hydroxylation is 1. The SMILES string of the molecule is CC.CN.CSc1ccc(N(/N=C(\C)C=O)C2=CCCc3ccc(NC(=O)c4cc(S(C)=O)ccc4Cl)cc32)cc1. The number of hydrazone groups is 1. The highest BCUT2D eigenvalue weighted by Crippen LogP contribution is 2.35. The minimum Gasteiger partial charge on any atom is -0.333 e. The molecule has 0 bridgehead atoms. The lowest BCUT2D eigenvalue weighted by molar-refractivity contribution is -0.102. The Bertz CT molecular complexity index is 1440. The maximum absolute atomic E-state index is 13.1. The number of halogens is 1. The summed E-state index contributed by atoms with van der Waals surface area (Å²) in [5.74, 6) is -0.391. The number of carbonyl (C=O) groups excluding carboxylic acids is 2. The molecule has 0 heterocycles. The highest BCUT2D eigenvalue weighted by Gasteiger charge is 2.21. The molecular weight excluding hydrogens is 576 g/mol. The number of fused-ring (bicyclic) bond motifs is 1. The Morgan fingerprint density at radius 2 is 1.78 bits per heavy atom. The Balaban J connectivity index is 0.00000141. The van der Waals surface area contributed by atoms with E-state index in [-0.39, 0.29) is 10.6 Å². The van der Waals surface area contributed by atoms with E-state index in [9.17, 15) is 13.8 Å². The first-order valence-electron chi connectivity index (χ1n) is 13.1. The van der Waals surface area contributed by atoms with E-state index >= 15 is 0 Å². The van der Waals surface area contributed by atoms with E-state index in [0.717, 1.165) is 46.5 Å².